The Kier molecular flexibility index (Phi) is 31.7. The maximum atomic E-state index is 2.67. The van der Waals surface area contributed by atoms with Crippen LogP contribution in [0.1, 0.15) is 239 Å². The first-order valence-electron chi connectivity index (χ1n) is 21.0. The summed E-state index contributed by atoms with van der Waals surface area (Å²) in [5.41, 5.74) is 0. The minimum absolute atomic E-state index is 0.632. The summed E-state index contributed by atoms with van der Waals surface area (Å²) in [6, 6.07) is 0. The number of hydrogen-bond acceptors (Lipinski definition) is 2. The van der Waals surface area contributed by atoms with Crippen LogP contribution < -0.4 is 0 Å². The lowest BCUT2D eigenvalue weighted by Gasteiger charge is -2.33. The molecule has 0 unspecified atom stereocenters. The number of hydrogen-bond donors (Lipinski definition) is 0. The standard InChI is InChI=1S/C42H84N2/c1-4-7-9-11-13-15-17-19-21-23-25-27-29-31-33-35-38-43-40-41-44(42(43)37-6-3)39-36-34-32-30-28-26-24-22-20-18-16-14-12-10-8-5-2/h40-42H,4-39H2,1-3H3. The van der Waals surface area contributed by atoms with E-state index in [0.29, 0.717) is 6.17 Å². The summed E-state index contributed by atoms with van der Waals surface area (Å²) in [5, 5.41) is 0. The topological polar surface area (TPSA) is 6.48 Å². The number of unbranched alkanes of at least 4 members (excludes halogenated alkanes) is 30. The van der Waals surface area contributed by atoms with E-state index in [-0.39, 0.29) is 0 Å². The fourth-order valence-corrected chi connectivity index (χ4v) is 7.28. The minimum atomic E-state index is 0.632. The molecule has 0 saturated heterocycles. The molecule has 0 aromatic heterocycles. The van der Waals surface area contributed by atoms with Gasteiger partial charge in [-0.3, -0.25) is 0 Å². The summed E-state index contributed by atoms with van der Waals surface area (Å²) in [4.78, 5) is 5.33. The van der Waals surface area contributed by atoms with Crippen LogP contribution in [0.25, 0.3) is 0 Å². The molecule has 262 valence electrons. The highest BCUT2D eigenvalue weighted by atomic mass is 15.4. The Morgan fingerprint density at radius 2 is 0.523 bits per heavy atom. The van der Waals surface area contributed by atoms with Gasteiger partial charge in [0.2, 0.25) is 0 Å². The van der Waals surface area contributed by atoms with Gasteiger partial charge in [-0.1, -0.05) is 220 Å². The summed E-state index contributed by atoms with van der Waals surface area (Å²) in [7, 11) is 0. The summed E-state index contributed by atoms with van der Waals surface area (Å²) in [5.74, 6) is 0. The van der Waals surface area contributed by atoms with Crippen molar-refractivity contribution in [3.8, 4) is 0 Å². The Hall–Kier alpha value is -0.660. The normalized spacial score (nSPS) is 13.6. The van der Waals surface area contributed by atoms with Crippen molar-refractivity contribution in [3.63, 3.8) is 0 Å². The number of rotatable bonds is 36. The third-order valence-corrected chi connectivity index (χ3v) is 10.3. The Bertz CT molecular complexity index is 526. The second-order valence-electron chi connectivity index (χ2n) is 14.6. The molecule has 1 aliphatic rings. The van der Waals surface area contributed by atoms with E-state index in [4.69, 9.17) is 0 Å². The molecular weight excluding hydrogens is 532 g/mol. The van der Waals surface area contributed by atoms with Gasteiger partial charge in [0.05, 0.1) is 0 Å². The van der Waals surface area contributed by atoms with Gasteiger partial charge in [0.1, 0.15) is 6.17 Å². The van der Waals surface area contributed by atoms with Gasteiger partial charge >= 0.3 is 0 Å². The Morgan fingerprint density at radius 3 is 0.750 bits per heavy atom. The fraction of sp³-hybridized carbons (Fsp3) is 0.952. The fourth-order valence-electron chi connectivity index (χ4n) is 7.28. The molecule has 0 aliphatic carbocycles. The van der Waals surface area contributed by atoms with E-state index >= 15 is 0 Å². The number of nitrogens with zero attached hydrogens (tertiary/aromatic N) is 2. The first-order chi connectivity index (χ1) is 21.8. The van der Waals surface area contributed by atoms with Crippen molar-refractivity contribution in [1.82, 2.24) is 9.80 Å². The van der Waals surface area contributed by atoms with Crippen molar-refractivity contribution in [1.29, 1.82) is 0 Å². The molecule has 0 saturated carbocycles. The SMILES string of the molecule is CCCCCCCCCCCCCCCCCCN1C=CN(CCCCCCCCCCCCCCCCCC)C1CCC. The molecule has 44 heavy (non-hydrogen) atoms. The van der Waals surface area contributed by atoms with Gasteiger partial charge in [0.25, 0.3) is 0 Å². The van der Waals surface area contributed by atoms with Crippen molar-refractivity contribution in [2.75, 3.05) is 13.1 Å². The molecule has 0 bridgehead atoms. The summed E-state index contributed by atoms with van der Waals surface area (Å²) < 4.78 is 0. The quantitative estimate of drug-likeness (QED) is 0.0646. The average molecular weight is 617 g/mol. The molecule has 0 radical (unpaired) electrons. The van der Waals surface area contributed by atoms with Crippen LogP contribution in [0.4, 0.5) is 0 Å². The first-order valence-corrected chi connectivity index (χ1v) is 21.0. The molecule has 0 spiro atoms. The zero-order valence-electron chi connectivity index (χ0n) is 31.1. The largest absolute Gasteiger partial charge is 0.356 e. The molecule has 0 atom stereocenters. The van der Waals surface area contributed by atoms with Gasteiger partial charge in [-0.25, -0.2) is 0 Å². The monoisotopic (exact) mass is 617 g/mol. The van der Waals surface area contributed by atoms with E-state index in [0.717, 1.165) is 0 Å². The molecule has 1 rings (SSSR count). The van der Waals surface area contributed by atoms with Crippen LogP contribution in [0.5, 0.6) is 0 Å². The van der Waals surface area contributed by atoms with Crippen molar-refractivity contribution in [3.05, 3.63) is 12.4 Å². The first kappa shape index (κ1) is 41.4. The molecule has 1 aliphatic heterocycles. The van der Waals surface area contributed by atoms with Gasteiger partial charge < -0.3 is 9.80 Å². The third kappa shape index (κ3) is 25.5. The van der Waals surface area contributed by atoms with E-state index in [1.807, 2.05) is 0 Å². The Morgan fingerprint density at radius 1 is 0.295 bits per heavy atom. The molecular formula is C42H84N2. The smallest absolute Gasteiger partial charge is 0.101 e. The predicted molar refractivity (Wildman–Crippen MR) is 200 cm³/mol. The van der Waals surface area contributed by atoms with Crippen LogP contribution in [-0.2, 0) is 0 Å². The average Bonchev–Trinajstić information content (AvgIpc) is 3.41. The molecule has 0 fully saturated rings. The zero-order chi connectivity index (χ0) is 31.6. The lowest BCUT2D eigenvalue weighted by atomic mass is 10.0. The van der Waals surface area contributed by atoms with Crippen LogP contribution in [0.15, 0.2) is 12.4 Å². The van der Waals surface area contributed by atoms with Gasteiger partial charge in [-0.15, -0.1) is 0 Å². The van der Waals surface area contributed by atoms with E-state index in [1.165, 1.54) is 231 Å². The molecule has 0 amide bonds. The zero-order valence-corrected chi connectivity index (χ0v) is 31.1. The van der Waals surface area contributed by atoms with Crippen molar-refractivity contribution in [2.24, 2.45) is 0 Å². The Labute approximate surface area is 280 Å². The van der Waals surface area contributed by atoms with Crippen LogP contribution in [0, 0.1) is 0 Å². The highest BCUT2D eigenvalue weighted by Crippen LogP contribution is 2.23. The van der Waals surface area contributed by atoms with E-state index in [2.05, 4.69) is 43.0 Å². The van der Waals surface area contributed by atoms with E-state index < -0.39 is 0 Å². The summed E-state index contributed by atoms with van der Waals surface area (Å²) >= 11 is 0. The highest BCUT2D eigenvalue weighted by Gasteiger charge is 2.24. The predicted octanol–water partition coefficient (Wildman–Crippen LogP) is 14.7. The lowest BCUT2D eigenvalue weighted by Crippen LogP contribution is -2.39. The van der Waals surface area contributed by atoms with Gasteiger partial charge in [0.15, 0.2) is 0 Å². The molecule has 2 heteroatoms. The van der Waals surface area contributed by atoms with Crippen LogP contribution in [0.2, 0.25) is 0 Å². The highest BCUT2D eigenvalue weighted by molar-refractivity contribution is 4.96. The van der Waals surface area contributed by atoms with Gasteiger partial charge in [-0.05, 0) is 19.3 Å². The second-order valence-corrected chi connectivity index (χ2v) is 14.6. The molecule has 0 aromatic carbocycles. The van der Waals surface area contributed by atoms with Crippen LogP contribution >= 0.6 is 0 Å². The summed E-state index contributed by atoms with van der Waals surface area (Å²) in [6.07, 6.45) is 54.5. The van der Waals surface area contributed by atoms with Crippen molar-refractivity contribution in [2.45, 2.75) is 245 Å². The second kappa shape index (κ2) is 33.7. The van der Waals surface area contributed by atoms with Crippen molar-refractivity contribution >= 4 is 0 Å². The van der Waals surface area contributed by atoms with Gasteiger partial charge in [-0.2, -0.15) is 0 Å². The summed E-state index contributed by atoms with van der Waals surface area (Å²) in [6.45, 7) is 9.50. The minimum Gasteiger partial charge on any atom is -0.356 e. The third-order valence-electron chi connectivity index (χ3n) is 10.3. The molecule has 0 N–H and O–H groups in total. The lowest BCUT2D eigenvalue weighted by molar-refractivity contribution is 0.138. The van der Waals surface area contributed by atoms with Crippen molar-refractivity contribution < 1.29 is 0 Å². The van der Waals surface area contributed by atoms with E-state index in [1.54, 1.807) is 0 Å². The van der Waals surface area contributed by atoms with Crippen LogP contribution in [0.3, 0.4) is 0 Å². The van der Waals surface area contributed by atoms with E-state index in [9.17, 15) is 0 Å². The maximum Gasteiger partial charge on any atom is 0.101 e. The molecule has 2 nitrogen and oxygen atoms in total. The maximum absolute atomic E-state index is 2.67. The molecule has 1 heterocycles. The van der Waals surface area contributed by atoms with Crippen LogP contribution in [-0.4, -0.2) is 29.1 Å². The molecule has 0 aromatic rings. The Balaban J connectivity index is 1.91. The van der Waals surface area contributed by atoms with Gasteiger partial charge in [0, 0.05) is 25.5 Å².